The molecule has 5 nitrogen and oxygen atoms in total. The summed E-state index contributed by atoms with van der Waals surface area (Å²) in [5, 5.41) is 14.7. The van der Waals surface area contributed by atoms with Gasteiger partial charge in [-0.25, -0.2) is 9.59 Å². The number of aliphatic carboxylic acids is 1. The predicted molar refractivity (Wildman–Crippen MR) is 75.4 cm³/mol. The fourth-order valence-electron chi connectivity index (χ4n) is 2.62. The molecule has 3 N–H and O–H groups in total. The highest BCUT2D eigenvalue weighted by Gasteiger charge is 2.42. The Morgan fingerprint density at radius 1 is 1.25 bits per heavy atom. The lowest BCUT2D eigenvalue weighted by Crippen LogP contribution is -2.55. The second-order valence-electron chi connectivity index (χ2n) is 5.33. The third kappa shape index (κ3) is 3.10. The summed E-state index contributed by atoms with van der Waals surface area (Å²) in [5.41, 5.74) is 1.04. The van der Waals surface area contributed by atoms with Gasteiger partial charge in [-0.05, 0) is 30.9 Å². The molecule has 2 amide bonds. The zero-order valence-corrected chi connectivity index (χ0v) is 11.6. The molecule has 0 bridgehead atoms. The molecule has 1 saturated carbocycles. The Morgan fingerprint density at radius 2 is 1.90 bits per heavy atom. The molecule has 0 unspecified atom stereocenters. The van der Waals surface area contributed by atoms with E-state index in [0.717, 1.165) is 24.0 Å². The summed E-state index contributed by atoms with van der Waals surface area (Å²) >= 11 is 0. The second kappa shape index (κ2) is 5.94. The van der Waals surface area contributed by atoms with Crippen molar-refractivity contribution in [3.63, 3.8) is 0 Å². The minimum Gasteiger partial charge on any atom is -0.480 e. The van der Waals surface area contributed by atoms with Crippen LogP contribution in [-0.4, -0.2) is 22.6 Å². The van der Waals surface area contributed by atoms with Crippen LogP contribution in [0, 0.1) is 6.92 Å². The highest BCUT2D eigenvalue weighted by atomic mass is 16.4. The first-order valence-electron chi connectivity index (χ1n) is 6.87. The van der Waals surface area contributed by atoms with Gasteiger partial charge in [0.05, 0.1) is 0 Å². The predicted octanol–water partition coefficient (Wildman–Crippen LogP) is 2.19. The number of rotatable bonds is 4. The maximum Gasteiger partial charge on any atom is 0.329 e. The van der Waals surface area contributed by atoms with E-state index in [2.05, 4.69) is 10.6 Å². The SMILES string of the molecule is Cc1ccccc1CNC(=O)NC1(C(=O)O)CCCC1. The molecule has 0 saturated heterocycles. The minimum atomic E-state index is -1.09. The van der Waals surface area contributed by atoms with Crippen molar-refractivity contribution in [2.24, 2.45) is 0 Å². The molecule has 1 aliphatic rings. The van der Waals surface area contributed by atoms with Crippen LogP contribution >= 0.6 is 0 Å². The van der Waals surface area contributed by atoms with Gasteiger partial charge >= 0.3 is 12.0 Å². The third-order valence-electron chi connectivity index (χ3n) is 3.92. The van der Waals surface area contributed by atoms with E-state index in [9.17, 15) is 14.7 Å². The minimum absolute atomic E-state index is 0.397. The Kier molecular flexibility index (Phi) is 4.27. The summed E-state index contributed by atoms with van der Waals surface area (Å²) in [5.74, 6) is -0.943. The van der Waals surface area contributed by atoms with Gasteiger partial charge in [0.15, 0.2) is 0 Å². The third-order valence-corrected chi connectivity index (χ3v) is 3.92. The Hall–Kier alpha value is -2.04. The normalized spacial score (nSPS) is 16.6. The number of amides is 2. The maximum absolute atomic E-state index is 11.9. The molecule has 20 heavy (non-hydrogen) atoms. The molecular weight excluding hydrogens is 256 g/mol. The van der Waals surface area contributed by atoms with Gasteiger partial charge in [0.1, 0.15) is 5.54 Å². The van der Waals surface area contributed by atoms with Gasteiger partial charge in [-0.15, -0.1) is 0 Å². The molecule has 0 aromatic heterocycles. The zero-order valence-electron chi connectivity index (χ0n) is 11.6. The molecule has 1 fully saturated rings. The molecule has 0 heterocycles. The Balaban J connectivity index is 1.92. The summed E-state index contributed by atoms with van der Waals surface area (Å²) in [4.78, 5) is 23.3. The first-order valence-corrected chi connectivity index (χ1v) is 6.87. The maximum atomic E-state index is 11.9. The summed E-state index contributed by atoms with van der Waals surface area (Å²) in [6.07, 6.45) is 2.68. The number of carbonyl (C=O) groups is 2. The van der Waals surface area contributed by atoms with Crippen molar-refractivity contribution in [3.8, 4) is 0 Å². The van der Waals surface area contributed by atoms with E-state index in [0.29, 0.717) is 19.4 Å². The summed E-state index contributed by atoms with van der Waals surface area (Å²) < 4.78 is 0. The van der Waals surface area contributed by atoms with E-state index in [-0.39, 0.29) is 0 Å². The number of nitrogens with one attached hydrogen (secondary N) is 2. The number of carbonyl (C=O) groups excluding carboxylic acids is 1. The molecule has 1 aliphatic carbocycles. The second-order valence-corrected chi connectivity index (χ2v) is 5.33. The number of hydrogen-bond donors (Lipinski definition) is 3. The molecule has 0 spiro atoms. The van der Waals surface area contributed by atoms with Gasteiger partial charge in [0.2, 0.25) is 0 Å². The van der Waals surface area contributed by atoms with Crippen molar-refractivity contribution >= 4 is 12.0 Å². The molecule has 2 rings (SSSR count). The van der Waals surface area contributed by atoms with E-state index < -0.39 is 17.5 Å². The average molecular weight is 276 g/mol. The van der Waals surface area contributed by atoms with Crippen LogP contribution in [0.2, 0.25) is 0 Å². The van der Waals surface area contributed by atoms with Crippen molar-refractivity contribution in [2.45, 2.75) is 44.7 Å². The summed E-state index contributed by atoms with van der Waals surface area (Å²) in [7, 11) is 0. The van der Waals surface area contributed by atoms with E-state index in [1.54, 1.807) is 0 Å². The van der Waals surface area contributed by atoms with Crippen molar-refractivity contribution in [1.82, 2.24) is 10.6 Å². The number of hydrogen-bond acceptors (Lipinski definition) is 2. The van der Waals surface area contributed by atoms with Gasteiger partial charge < -0.3 is 15.7 Å². The van der Waals surface area contributed by atoms with Crippen molar-refractivity contribution in [3.05, 3.63) is 35.4 Å². The molecule has 108 valence electrons. The molecule has 0 aliphatic heterocycles. The topological polar surface area (TPSA) is 78.4 Å². The van der Waals surface area contributed by atoms with Gasteiger partial charge in [-0.1, -0.05) is 37.1 Å². The van der Waals surface area contributed by atoms with E-state index in [1.165, 1.54) is 0 Å². The van der Waals surface area contributed by atoms with Crippen molar-refractivity contribution in [2.75, 3.05) is 0 Å². The molecule has 0 atom stereocenters. The number of benzene rings is 1. The molecule has 1 aromatic carbocycles. The monoisotopic (exact) mass is 276 g/mol. The quantitative estimate of drug-likeness (QED) is 0.788. The van der Waals surface area contributed by atoms with Crippen LogP contribution in [0.5, 0.6) is 0 Å². The van der Waals surface area contributed by atoms with E-state index in [1.807, 2.05) is 31.2 Å². The Labute approximate surface area is 118 Å². The lowest BCUT2D eigenvalue weighted by atomic mass is 9.98. The fourth-order valence-corrected chi connectivity index (χ4v) is 2.62. The van der Waals surface area contributed by atoms with Crippen LogP contribution in [0.4, 0.5) is 4.79 Å². The highest BCUT2D eigenvalue weighted by Crippen LogP contribution is 2.29. The highest BCUT2D eigenvalue weighted by molar-refractivity contribution is 5.86. The Bertz CT molecular complexity index is 508. The standard InChI is InChI=1S/C15H20N2O3/c1-11-6-2-3-7-12(11)10-16-14(20)17-15(13(18)19)8-4-5-9-15/h2-3,6-7H,4-5,8-10H2,1H3,(H,18,19)(H2,16,17,20). The van der Waals surface area contributed by atoms with Gasteiger partial charge in [-0.3, -0.25) is 0 Å². The van der Waals surface area contributed by atoms with Crippen LogP contribution < -0.4 is 10.6 Å². The lowest BCUT2D eigenvalue weighted by Gasteiger charge is -2.25. The number of aryl methyl sites for hydroxylation is 1. The van der Waals surface area contributed by atoms with Crippen LogP contribution in [0.25, 0.3) is 0 Å². The molecule has 0 radical (unpaired) electrons. The lowest BCUT2D eigenvalue weighted by molar-refractivity contribution is -0.144. The zero-order chi connectivity index (χ0) is 14.6. The van der Waals surface area contributed by atoms with Gasteiger partial charge in [0, 0.05) is 6.54 Å². The Morgan fingerprint density at radius 3 is 2.50 bits per heavy atom. The van der Waals surface area contributed by atoms with E-state index in [4.69, 9.17) is 0 Å². The van der Waals surface area contributed by atoms with Crippen LogP contribution in [0.3, 0.4) is 0 Å². The smallest absolute Gasteiger partial charge is 0.329 e. The number of urea groups is 1. The summed E-state index contributed by atoms with van der Waals surface area (Å²) in [6.45, 7) is 2.37. The molecular formula is C15H20N2O3. The fraction of sp³-hybridized carbons (Fsp3) is 0.467. The number of carboxylic acids is 1. The van der Waals surface area contributed by atoms with Crippen molar-refractivity contribution < 1.29 is 14.7 Å². The molecule has 1 aromatic rings. The largest absolute Gasteiger partial charge is 0.480 e. The van der Waals surface area contributed by atoms with Gasteiger partial charge in [0.25, 0.3) is 0 Å². The van der Waals surface area contributed by atoms with Crippen molar-refractivity contribution in [1.29, 1.82) is 0 Å². The van der Waals surface area contributed by atoms with E-state index >= 15 is 0 Å². The van der Waals surface area contributed by atoms with Gasteiger partial charge in [-0.2, -0.15) is 0 Å². The van der Waals surface area contributed by atoms with Crippen LogP contribution in [0.15, 0.2) is 24.3 Å². The first kappa shape index (κ1) is 14.4. The first-order chi connectivity index (χ1) is 9.53. The number of carboxylic acid groups (broad SMARTS) is 1. The van der Waals surface area contributed by atoms with Crippen LogP contribution in [-0.2, 0) is 11.3 Å². The molecule has 5 heteroatoms. The van der Waals surface area contributed by atoms with Crippen LogP contribution in [0.1, 0.15) is 36.8 Å². The average Bonchev–Trinajstić information content (AvgIpc) is 2.88. The summed E-state index contributed by atoms with van der Waals surface area (Å²) in [6, 6.07) is 7.36.